The molecule has 6 heteroatoms. The van der Waals surface area contributed by atoms with Crippen LogP contribution in [0, 0.1) is 12.7 Å². The number of carbonyl (C=O) groups excluding carboxylic acids is 2. The van der Waals surface area contributed by atoms with E-state index in [1.807, 2.05) is 13.0 Å². The van der Waals surface area contributed by atoms with Gasteiger partial charge in [0.25, 0.3) is 0 Å². The third-order valence-corrected chi connectivity index (χ3v) is 4.68. The summed E-state index contributed by atoms with van der Waals surface area (Å²) in [6.07, 6.45) is 4.22. The Balaban J connectivity index is 1.68. The zero-order valence-corrected chi connectivity index (χ0v) is 14.0. The summed E-state index contributed by atoms with van der Waals surface area (Å²) in [6, 6.07) is 3.02. The summed E-state index contributed by atoms with van der Waals surface area (Å²) in [7, 11) is 0. The van der Waals surface area contributed by atoms with Crippen molar-refractivity contribution in [2.75, 3.05) is 24.5 Å². The van der Waals surface area contributed by atoms with Gasteiger partial charge in [0.2, 0.25) is 11.8 Å². The number of amides is 2. The second-order valence-electron chi connectivity index (χ2n) is 6.69. The minimum atomic E-state index is -0.480. The average Bonchev–Trinajstić information content (AvgIpc) is 2.71. The number of carbonyl (C=O) groups is 2. The molecule has 1 aromatic rings. The summed E-state index contributed by atoms with van der Waals surface area (Å²) in [6.45, 7) is 3.27. The SMILES string of the molecule is Cc1cc(F)c2c(c1)CCCN2CC(=O)NC1CCCCNC1=O. The molecule has 1 saturated heterocycles. The van der Waals surface area contributed by atoms with E-state index in [0.29, 0.717) is 25.2 Å². The number of benzene rings is 1. The van der Waals surface area contributed by atoms with Gasteiger partial charge >= 0.3 is 0 Å². The fourth-order valence-corrected chi connectivity index (χ4v) is 3.57. The second-order valence-corrected chi connectivity index (χ2v) is 6.69. The first-order valence-corrected chi connectivity index (χ1v) is 8.65. The summed E-state index contributed by atoms with van der Waals surface area (Å²) >= 11 is 0. The lowest BCUT2D eigenvalue weighted by Gasteiger charge is -2.31. The number of rotatable bonds is 3. The molecule has 2 aliphatic heterocycles. The van der Waals surface area contributed by atoms with Crippen molar-refractivity contribution in [1.29, 1.82) is 0 Å². The van der Waals surface area contributed by atoms with Gasteiger partial charge in [0.05, 0.1) is 12.2 Å². The highest BCUT2D eigenvalue weighted by Crippen LogP contribution is 2.30. The highest BCUT2D eigenvalue weighted by molar-refractivity contribution is 5.89. The largest absolute Gasteiger partial charge is 0.360 e. The smallest absolute Gasteiger partial charge is 0.242 e. The molecular weight excluding hydrogens is 309 g/mol. The minimum absolute atomic E-state index is 0.0801. The minimum Gasteiger partial charge on any atom is -0.360 e. The summed E-state index contributed by atoms with van der Waals surface area (Å²) in [5.41, 5.74) is 2.39. The molecule has 130 valence electrons. The van der Waals surface area contributed by atoms with Crippen molar-refractivity contribution in [3.63, 3.8) is 0 Å². The number of anilines is 1. The molecule has 0 saturated carbocycles. The molecule has 2 amide bonds. The van der Waals surface area contributed by atoms with Crippen molar-refractivity contribution < 1.29 is 14.0 Å². The Morgan fingerprint density at radius 3 is 3.04 bits per heavy atom. The van der Waals surface area contributed by atoms with E-state index in [1.54, 1.807) is 4.90 Å². The molecule has 0 bridgehead atoms. The van der Waals surface area contributed by atoms with Crippen molar-refractivity contribution in [3.05, 3.63) is 29.1 Å². The third kappa shape index (κ3) is 3.68. The molecule has 1 atom stereocenters. The van der Waals surface area contributed by atoms with E-state index in [1.165, 1.54) is 6.07 Å². The summed E-state index contributed by atoms with van der Waals surface area (Å²) in [5, 5.41) is 5.61. The maximum absolute atomic E-state index is 14.4. The monoisotopic (exact) mass is 333 g/mol. The quantitative estimate of drug-likeness (QED) is 0.885. The van der Waals surface area contributed by atoms with Crippen molar-refractivity contribution >= 4 is 17.5 Å². The molecule has 2 aliphatic rings. The molecule has 1 unspecified atom stereocenters. The van der Waals surface area contributed by atoms with Crippen LogP contribution in [-0.4, -0.2) is 37.5 Å². The van der Waals surface area contributed by atoms with Gasteiger partial charge in [-0.25, -0.2) is 4.39 Å². The van der Waals surface area contributed by atoms with Crippen molar-refractivity contribution in [2.24, 2.45) is 0 Å². The van der Waals surface area contributed by atoms with Crippen molar-refractivity contribution in [1.82, 2.24) is 10.6 Å². The summed E-state index contributed by atoms with van der Waals surface area (Å²) in [4.78, 5) is 26.1. The highest BCUT2D eigenvalue weighted by Gasteiger charge is 2.26. The number of aryl methyl sites for hydroxylation is 2. The maximum atomic E-state index is 14.4. The molecule has 2 N–H and O–H groups in total. The molecular formula is C18H24FN3O2. The Hall–Kier alpha value is -2.11. The van der Waals surface area contributed by atoms with Crippen LogP contribution in [0.3, 0.4) is 0 Å². The lowest BCUT2D eigenvalue weighted by molar-refractivity contribution is -0.128. The Bertz CT molecular complexity index is 647. The lowest BCUT2D eigenvalue weighted by atomic mass is 9.99. The number of halogens is 1. The molecule has 1 aromatic carbocycles. The van der Waals surface area contributed by atoms with Gasteiger partial charge in [0.15, 0.2) is 0 Å². The van der Waals surface area contributed by atoms with E-state index in [-0.39, 0.29) is 24.2 Å². The Kier molecular flexibility index (Phi) is 5.02. The van der Waals surface area contributed by atoms with Gasteiger partial charge in [-0.15, -0.1) is 0 Å². The lowest BCUT2D eigenvalue weighted by Crippen LogP contribution is -2.49. The van der Waals surface area contributed by atoms with Crippen LogP contribution in [0.25, 0.3) is 0 Å². The van der Waals surface area contributed by atoms with E-state index >= 15 is 0 Å². The Morgan fingerprint density at radius 1 is 1.38 bits per heavy atom. The second kappa shape index (κ2) is 7.20. The topological polar surface area (TPSA) is 61.4 Å². The van der Waals surface area contributed by atoms with Crippen LogP contribution in [0.15, 0.2) is 12.1 Å². The molecule has 0 radical (unpaired) electrons. The van der Waals surface area contributed by atoms with E-state index in [0.717, 1.165) is 36.8 Å². The van der Waals surface area contributed by atoms with Crippen molar-refractivity contribution in [3.8, 4) is 0 Å². The van der Waals surface area contributed by atoms with Gasteiger partial charge in [-0.3, -0.25) is 9.59 Å². The number of nitrogens with one attached hydrogen (secondary N) is 2. The van der Waals surface area contributed by atoms with Crippen LogP contribution < -0.4 is 15.5 Å². The molecule has 0 aliphatic carbocycles. The van der Waals surface area contributed by atoms with Gasteiger partial charge in [0.1, 0.15) is 11.9 Å². The molecule has 5 nitrogen and oxygen atoms in total. The number of hydrogen-bond donors (Lipinski definition) is 2. The highest BCUT2D eigenvalue weighted by atomic mass is 19.1. The third-order valence-electron chi connectivity index (χ3n) is 4.68. The standard InChI is InChI=1S/C18H24FN3O2/c1-12-9-13-5-4-8-22(17(13)14(19)10-12)11-16(23)21-15-6-2-3-7-20-18(15)24/h9-10,15H,2-8,11H2,1H3,(H,20,24)(H,21,23). The summed E-state index contributed by atoms with van der Waals surface area (Å²) < 4.78 is 14.4. The van der Waals surface area contributed by atoms with Crippen molar-refractivity contribution in [2.45, 2.75) is 45.1 Å². The maximum Gasteiger partial charge on any atom is 0.242 e. The van der Waals surface area contributed by atoms with E-state index in [2.05, 4.69) is 10.6 Å². The van der Waals surface area contributed by atoms with E-state index in [9.17, 15) is 14.0 Å². The van der Waals surface area contributed by atoms with Crippen LogP contribution >= 0.6 is 0 Å². The predicted octanol–water partition coefficient (Wildman–Crippen LogP) is 1.67. The first kappa shape index (κ1) is 16.7. The number of fused-ring (bicyclic) bond motifs is 1. The van der Waals surface area contributed by atoms with Crippen LogP contribution in [0.1, 0.15) is 36.8 Å². The molecule has 1 fully saturated rings. The van der Waals surface area contributed by atoms with Crippen LogP contribution in [0.2, 0.25) is 0 Å². The number of hydrogen-bond acceptors (Lipinski definition) is 3. The predicted molar refractivity (Wildman–Crippen MR) is 90.5 cm³/mol. The first-order valence-electron chi connectivity index (χ1n) is 8.65. The van der Waals surface area contributed by atoms with Gasteiger partial charge in [0, 0.05) is 13.1 Å². The molecule has 3 rings (SSSR count). The average molecular weight is 333 g/mol. The first-order chi connectivity index (χ1) is 11.5. The van der Waals surface area contributed by atoms with Gasteiger partial charge in [-0.1, -0.05) is 6.07 Å². The fourth-order valence-electron chi connectivity index (χ4n) is 3.57. The molecule has 0 aromatic heterocycles. The van der Waals surface area contributed by atoms with Gasteiger partial charge < -0.3 is 15.5 Å². The zero-order valence-electron chi connectivity index (χ0n) is 14.0. The van der Waals surface area contributed by atoms with Crippen LogP contribution in [-0.2, 0) is 16.0 Å². The van der Waals surface area contributed by atoms with E-state index < -0.39 is 6.04 Å². The normalized spacial score (nSPS) is 20.8. The van der Waals surface area contributed by atoms with E-state index in [4.69, 9.17) is 0 Å². The summed E-state index contributed by atoms with van der Waals surface area (Å²) in [5.74, 6) is -0.628. The van der Waals surface area contributed by atoms with Gasteiger partial charge in [-0.2, -0.15) is 0 Å². The Morgan fingerprint density at radius 2 is 2.21 bits per heavy atom. The molecule has 0 spiro atoms. The zero-order chi connectivity index (χ0) is 17.1. The Labute approximate surface area is 141 Å². The number of nitrogens with zero attached hydrogens (tertiary/aromatic N) is 1. The van der Waals surface area contributed by atoms with Gasteiger partial charge in [-0.05, 0) is 56.2 Å². The van der Waals surface area contributed by atoms with Crippen LogP contribution in [0.4, 0.5) is 10.1 Å². The van der Waals surface area contributed by atoms with Crippen LogP contribution in [0.5, 0.6) is 0 Å². The fraction of sp³-hybridized carbons (Fsp3) is 0.556. The molecule has 24 heavy (non-hydrogen) atoms. The molecule has 2 heterocycles.